The summed E-state index contributed by atoms with van der Waals surface area (Å²) in [4.78, 5) is 20.9. The molecule has 6 aromatic rings. The molecule has 0 spiro atoms. The maximum atomic E-state index is 13.4. The number of carbonyl (C=O) groups is 1. The number of nitrogens with zero attached hydrogens (tertiary/aromatic N) is 4. The zero-order chi connectivity index (χ0) is 28.7. The van der Waals surface area contributed by atoms with Gasteiger partial charge in [-0.25, -0.2) is 0 Å². The van der Waals surface area contributed by atoms with Gasteiger partial charge in [0.2, 0.25) is 0 Å². The van der Waals surface area contributed by atoms with Crippen molar-refractivity contribution in [2.45, 2.75) is 31.8 Å². The van der Waals surface area contributed by atoms with Gasteiger partial charge < -0.3 is 19.6 Å². The molecule has 0 unspecified atom stereocenters. The smallest absolute Gasteiger partial charge is 0.253 e. The van der Waals surface area contributed by atoms with Crippen LogP contribution in [0.5, 0.6) is 5.75 Å². The Kier molecular flexibility index (Phi) is 8.03. The lowest BCUT2D eigenvalue weighted by molar-refractivity contribution is 0.0933. The van der Waals surface area contributed by atoms with Crippen molar-refractivity contribution in [3.05, 3.63) is 143 Å². The third-order valence-corrected chi connectivity index (χ3v) is 7.48. The first-order valence-electron chi connectivity index (χ1n) is 14.0. The molecule has 0 fully saturated rings. The monoisotopic (exact) mass is 556 g/mol. The van der Waals surface area contributed by atoms with Crippen LogP contribution in [0.25, 0.3) is 10.9 Å². The van der Waals surface area contributed by atoms with E-state index in [9.17, 15) is 4.79 Å². The molecule has 0 saturated heterocycles. The Morgan fingerprint density at radius 1 is 0.905 bits per heavy atom. The fraction of sp³-hybridized carbons (Fsp3) is 0.176. The van der Waals surface area contributed by atoms with Gasteiger partial charge in [0.15, 0.2) is 5.82 Å². The highest BCUT2D eigenvalue weighted by Crippen LogP contribution is 2.26. The predicted octanol–water partition coefficient (Wildman–Crippen LogP) is 5.71. The van der Waals surface area contributed by atoms with Crippen LogP contribution in [0.4, 0.5) is 0 Å². The number of nitrogens with one attached hydrogen (secondary N) is 2. The molecule has 0 aliphatic heterocycles. The first-order chi connectivity index (χ1) is 20.7. The van der Waals surface area contributed by atoms with Gasteiger partial charge in [-0.05, 0) is 53.4 Å². The molecular formula is C34H32N6O2. The van der Waals surface area contributed by atoms with E-state index in [1.807, 2.05) is 60.8 Å². The maximum absolute atomic E-state index is 13.4. The molecule has 8 nitrogen and oxygen atoms in total. The Balaban J connectivity index is 1.38. The minimum absolute atomic E-state index is 0.210. The van der Waals surface area contributed by atoms with Crippen molar-refractivity contribution in [3.63, 3.8) is 0 Å². The Hall–Kier alpha value is -5.24. The van der Waals surface area contributed by atoms with E-state index in [2.05, 4.69) is 49.2 Å². The minimum Gasteiger partial charge on any atom is -0.497 e. The number of hydrogen-bond acceptors (Lipinski definition) is 5. The normalized spacial score (nSPS) is 11.8. The number of H-pyrrole nitrogens is 1. The molecule has 3 heterocycles. The molecule has 8 heteroatoms. The van der Waals surface area contributed by atoms with Gasteiger partial charge in [-0.15, -0.1) is 10.2 Å². The quantitative estimate of drug-likeness (QED) is 0.213. The van der Waals surface area contributed by atoms with Crippen molar-refractivity contribution in [1.29, 1.82) is 0 Å². The number of rotatable bonds is 11. The highest BCUT2D eigenvalue weighted by atomic mass is 16.5. The van der Waals surface area contributed by atoms with Crippen molar-refractivity contribution in [3.8, 4) is 5.75 Å². The predicted molar refractivity (Wildman–Crippen MR) is 162 cm³/mol. The highest BCUT2D eigenvalue weighted by molar-refractivity contribution is 5.94. The average molecular weight is 557 g/mol. The number of pyridine rings is 1. The van der Waals surface area contributed by atoms with E-state index in [0.29, 0.717) is 30.8 Å². The van der Waals surface area contributed by atoms with E-state index in [-0.39, 0.29) is 5.91 Å². The molecule has 6 rings (SSSR count). The van der Waals surface area contributed by atoms with Gasteiger partial charge in [-0.2, -0.15) is 0 Å². The number of hydrogen-bond donors (Lipinski definition) is 2. The summed E-state index contributed by atoms with van der Waals surface area (Å²) in [5, 5.41) is 13.7. The molecule has 42 heavy (non-hydrogen) atoms. The number of para-hydroxylation sites is 1. The van der Waals surface area contributed by atoms with Gasteiger partial charge in [0.05, 0.1) is 25.3 Å². The van der Waals surface area contributed by atoms with E-state index in [1.165, 1.54) is 5.56 Å². The second kappa shape index (κ2) is 12.5. The molecule has 0 radical (unpaired) electrons. The van der Waals surface area contributed by atoms with E-state index in [0.717, 1.165) is 40.0 Å². The van der Waals surface area contributed by atoms with E-state index in [4.69, 9.17) is 9.84 Å². The lowest BCUT2D eigenvalue weighted by Gasteiger charge is -2.20. The van der Waals surface area contributed by atoms with Gasteiger partial charge >= 0.3 is 0 Å². The van der Waals surface area contributed by atoms with Gasteiger partial charge in [0.1, 0.15) is 11.6 Å². The maximum Gasteiger partial charge on any atom is 0.253 e. The summed E-state index contributed by atoms with van der Waals surface area (Å²) in [6.07, 6.45) is 7.32. The summed E-state index contributed by atoms with van der Waals surface area (Å²) < 4.78 is 7.52. The van der Waals surface area contributed by atoms with Crippen LogP contribution in [-0.2, 0) is 25.8 Å². The number of fused-ring (bicyclic) bond motifs is 1. The number of aromatic nitrogens is 5. The molecule has 1 atom stereocenters. The van der Waals surface area contributed by atoms with Crippen LogP contribution in [-0.4, -0.2) is 37.7 Å². The number of aryl methyl sites for hydroxylation is 2. The van der Waals surface area contributed by atoms with Crippen molar-refractivity contribution in [2.75, 3.05) is 7.11 Å². The molecule has 0 bridgehead atoms. The molecular weight excluding hydrogens is 524 g/mol. The molecule has 1 amide bonds. The largest absolute Gasteiger partial charge is 0.497 e. The fourth-order valence-electron chi connectivity index (χ4n) is 5.24. The Morgan fingerprint density at radius 2 is 1.71 bits per heavy atom. The third-order valence-electron chi connectivity index (χ3n) is 7.48. The van der Waals surface area contributed by atoms with Crippen LogP contribution in [0.3, 0.4) is 0 Å². The number of benzene rings is 3. The molecule has 3 aromatic heterocycles. The first kappa shape index (κ1) is 27.0. The molecule has 0 aliphatic rings. The molecule has 2 N–H and O–H groups in total. The molecule has 0 aliphatic carbocycles. The first-order valence-corrected chi connectivity index (χ1v) is 14.0. The summed E-state index contributed by atoms with van der Waals surface area (Å²) in [5.41, 5.74) is 4.95. The summed E-state index contributed by atoms with van der Waals surface area (Å²) >= 11 is 0. The van der Waals surface area contributed by atoms with Crippen molar-refractivity contribution < 1.29 is 9.53 Å². The summed E-state index contributed by atoms with van der Waals surface area (Å²) in [7, 11) is 1.66. The van der Waals surface area contributed by atoms with E-state index >= 15 is 0 Å². The minimum atomic E-state index is -0.437. The fourth-order valence-corrected chi connectivity index (χ4v) is 5.24. The van der Waals surface area contributed by atoms with E-state index < -0.39 is 6.04 Å². The van der Waals surface area contributed by atoms with Crippen LogP contribution >= 0.6 is 0 Å². The van der Waals surface area contributed by atoms with Crippen LogP contribution in [0, 0.1) is 0 Å². The topological polar surface area (TPSA) is 97.7 Å². The van der Waals surface area contributed by atoms with E-state index in [1.54, 1.807) is 31.6 Å². The SMILES string of the molecule is COc1ccc(Cn2c(CCc3ccccc3)nnc2[C@@H](Cc2c[nH]c3ccccc23)NC(=O)c2cccnc2)cc1. The lowest BCUT2D eigenvalue weighted by Crippen LogP contribution is -2.32. The Bertz CT molecular complexity index is 1760. The second-order valence-corrected chi connectivity index (χ2v) is 10.2. The van der Waals surface area contributed by atoms with Crippen LogP contribution in [0.15, 0.2) is 110 Å². The second-order valence-electron chi connectivity index (χ2n) is 10.2. The third kappa shape index (κ3) is 6.07. The zero-order valence-corrected chi connectivity index (χ0v) is 23.4. The van der Waals surface area contributed by atoms with Crippen molar-refractivity contribution >= 4 is 16.8 Å². The van der Waals surface area contributed by atoms with Crippen LogP contribution < -0.4 is 10.1 Å². The number of carbonyl (C=O) groups excluding carboxylic acids is 1. The molecule has 0 saturated carbocycles. The van der Waals surface area contributed by atoms with Gasteiger partial charge in [-0.1, -0.05) is 60.7 Å². The number of ether oxygens (including phenoxy) is 1. The van der Waals surface area contributed by atoms with Gasteiger partial charge in [0, 0.05) is 42.3 Å². The summed E-state index contributed by atoms with van der Waals surface area (Å²) in [6, 6.07) is 29.6. The van der Waals surface area contributed by atoms with Gasteiger partial charge in [0.25, 0.3) is 5.91 Å². The summed E-state index contributed by atoms with van der Waals surface area (Å²) in [6.45, 7) is 0.559. The number of methoxy groups -OCH3 is 1. The highest BCUT2D eigenvalue weighted by Gasteiger charge is 2.25. The van der Waals surface area contributed by atoms with Crippen LogP contribution in [0.1, 0.15) is 44.7 Å². The molecule has 210 valence electrons. The molecule has 3 aromatic carbocycles. The Morgan fingerprint density at radius 3 is 2.50 bits per heavy atom. The van der Waals surface area contributed by atoms with Crippen molar-refractivity contribution in [2.24, 2.45) is 0 Å². The average Bonchev–Trinajstić information content (AvgIpc) is 3.64. The zero-order valence-electron chi connectivity index (χ0n) is 23.4. The number of amides is 1. The lowest BCUT2D eigenvalue weighted by atomic mass is 10.0. The van der Waals surface area contributed by atoms with Crippen molar-refractivity contribution in [1.82, 2.24) is 30.0 Å². The summed E-state index contributed by atoms with van der Waals surface area (Å²) in [5.74, 6) is 2.16. The standard InChI is InChI=1S/C34H32N6O2/c1-42-28-16-13-25(14-17-28)23-40-32(18-15-24-8-3-2-4-9-24)38-39-33(40)31(37-34(41)26-10-7-19-35-21-26)20-27-22-36-30-12-6-5-11-29(27)30/h2-14,16-17,19,21-22,31,36H,15,18,20,23H2,1H3,(H,37,41)/t31-/m1/s1. The number of aromatic amines is 1. The Labute approximate surface area is 244 Å². The van der Waals surface area contributed by atoms with Crippen LogP contribution in [0.2, 0.25) is 0 Å². The van der Waals surface area contributed by atoms with Gasteiger partial charge in [-0.3, -0.25) is 9.78 Å².